The van der Waals surface area contributed by atoms with E-state index in [0.717, 1.165) is 23.5 Å². The van der Waals surface area contributed by atoms with Crippen molar-refractivity contribution in [3.63, 3.8) is 0 Å². The molecule has 1 rings (SSSR count). The third-order valence-corrected chi connectivity index (χ3v) is 4.12. The van der Waals surface area contributed by atoms with Gasteiger partial charge in [0.05, 0.1) is 10.8 Å². The van der Waals surface area contributed by atoms with Crippen LogP contribution in [0.15, 0.2) is 35.2 Å². The number of hydrogen-bond donors (Lipinski definition) is 0. The van der Waals surface area contributed by atoms with Crippen molar-refractivity contribution in [3.8, 4) is 0 Å². The zero-order valence-electron chi connectivity index (χ0n) is 8.90. The van der Waals surface area contributed by atoms with E-state index in [4.69, 9.17) is 0 Å². The molecular formula is C12H18OS. The molecule has 0 amide bonds. The summed E-state index contributed by atoms with van der Waals surface area (Å²) in [5.74, 6) is 1.40. The molecule has 78 valence electrons. The minimum Gasteiger partial charge on any atom is -0.254 e. The Balaban J connectivity index is 2.59. The Hall–Kier alpha value is -0.630. The lowest BCUT2D eigenvalue weighted by molar-refractivity contribution is 0.544. The smallest absolute Gasteiger partial charge is 0.0532 e. The van der Waals surface area contributed by atoms with E-state index in [1.165, 1.54) is 0 Å². The molecule has 0 aromatic heterocycles. The highest BCUT2D eigenvalue weighted by atomic mass is 32.2. The molecule has 0 spiro atoms. The maximum atomic E-state index is 11.9. The predicted octanol–water partition coefficient (Wildman–Crippen LogP) is 3.23. The van der Waals surface area contributed by atoms with Crippen molar-refractivity contribution in [1.29, 1.82) is 0 Å². The topological polar surface area (TPSA) is 17.1 Å². The van der Waals surface area contributed by atoms with Crippen LogP contribution in [0.5, 0.6) is 0 Å². The van der Waals surface area contributed by atoms with Crippen LogP contribution in [0.3, 0.4) is 0 Å². The first-order chi connectivity index (χ1) is 6.77. The normalized spacial score (nSPS) is 13.1. The second-order valence-electron chi connectivity index (χ2n) is 3.51. The summed E-state index contributed by atoms with van der Waals surface area (Å²) in [5, 5.41) is 0. The molecule has 0 fully saturated rings. The Labute approximate surface area is 89.0 Å². The second kappa shape index (κ2) is 5.97. The summed E-state index contributed by atoms with van der Waals surface area (Å²) < 4.78 is 11.9. The monoisotopic (exact) mass is 210 g/mol. The number of benzene rings is 1. The lowest BCUT2D eigenvalue weighted by atomic mass is 10.1. The Morgan fingerprint density at radius 3 is 2.21 bits per heavy atom. The lowest BCUT2D eigenvalue weighted by Crippen LogP contribution is -2.09. The van der Waals surface area contributed by atoms with Gasteiger partial charge in [0.15, 0.2) is 0 Å². The van der Waals surface area contributed by atoms with Crippen molar-refractivity contribution in [2.24, 2.45) is 5.92 Å². The molecule has 1 aromatic rings. The van der Waals surface area contributed by atoms with Gasteiger partial charge in [-0.25, -0.2) is 0 Å². The number of rotatable bonds is 5. The molecular weight excluding hydrogens is 192 g/mol. The third-order valence-electron chi connectivity index (χ3n) is 2.55. The molecule has 0 saturated carbocycles. The largest absolute Gasteiger partial charge is 0.254 e. The maximum Gasteiger partial charge on any atom is 0.0532 e. The van der Waals surface area contributed by atoms with Crippen molar-refractivity contribution in [1.82, 2.24) is 0 Å². The van der Waals surface area contributed by atoms with E-state index in [9.17, 15) is 4.21 Å². The van der Waals surface area contributed by atoms with Crippen LogP contribution in [0.4, 0.5) is 0 Å². The molecule has 1 aromatic carbocycles. The van der Waals surface area contributed by atoms with Crippen molar-refractivity contribution >= 4 is 10.8 Å². The molecule has 0 N–H and O–H groups in total. The van der Waals surface area contributed by atoms with Crippen LogP contribution in [-0.2, 0) is 10.8 Å². The maximum absolute atomic E-state index is 11.9. The fourth-order valence-electron chi connectivity index (χ4n) is 1.41. The SMILES string of the molecule is CCC(CC)CS(=O)c1ccccc1. The van der Waals surface area contributed by atoms with Gasteiger partial charge in [-0.15, -0.1) is 0 Å². The summed E-state index contributed by atoms with van der Waals surface area (Å²) >= 11 is 0. The average molecular weight is 210 g/mol. The van der Waals surface area contributed by atoms with Crippen LogP contribution in [0.25, 0.3) is 0 Å². The van der Waals surface area contributed by atoms with E-state index in [1.807, 2.05) is 30.3 Å². The summed E-state index contributed by atoms with van der Waals surface area (Å²) in [7, 11) is -0.813. The van der Waals surface area contributed by atoms with Gasteiger partial charge in [-0.3, -0.25) is 4.21 Å². The van der Waals surface area contributed by atoms with Gasteiger partial charge in [0.25, 0.3) is 0 Å². The summed E-state index contributed by atoms with van der Waals surface area (Å²) in [6.07, 6.45) is 2.24. The van der Waals surface area contributed by atoms with E-state index in [1.54, 1.807) is 0 Å². The highest BCUT2D eigenvalue weighted by Crippen LogP contribution is 2.14. The highest BCUT2D eigenvalue weighted by Gasteiger charge is 2.09. The zero-order chi connectivity index (χ0) is 10.4. The fourth-order valence-corrected chi connectivity index (χ4v) is 2.96. The van der Waals surface area contributed by atoms with Gasteiger partial charge < -0.3 is 0 Å². The highest BCUT2D eigenvalue weighted by molar-refractivity contribution is 7.85. The van der Waals surface area contributed by atoms with Gasteiger partial charge in [0.1, 0.15) is 0 Å². The lowest BCUT2D eigenvalue weighted by Gasteiger charge is -2.11. The van der Waals surface area contributed by atoms with E-state index >= 15 is 0 Å². The standard InChI is InChI=1S/C12H18OS/c1-3-11(4-2)10-14(13)12-8-6-5-7-9-12/h5-9,11H,3-4,10H2,1-2H3. The molecule has 0 radical (unpaired) electrons. The average Bonchev–Trinajstić information content (AvgIpc) is 2.26. The third kappa shape index (κ3) is 3.26. The Kier molecular flexibility index (Phi) is 4.88. The van der Waals surface area contributed by atoms with E-state index in [2.05, 4.69) is 13.8 Å². The van der Waals surface area contributed by atoms with Gasteiger partial charge in [-0.05, 0) is 18.1 Å². The molecule has 0 heterocycles. The van der Waals surface area contributed by atoms with Gasteiger partial charge in [0, 0.05) is 10.6 Å². The summed E-state index contributed by atoms with van der Waals surface area (Å²) in [6, 6.07) is 9.73. The van der Waals surface area contributed by atoms with Crippen LogP contribution in [-0.4, -0.2) is 9.96 Å². The number of hydrogen-bond acceptors (Lipinski definition) is 1. The molecule has 1 unspecified atom stereocenters. The zero-order valence-corrected chi connectivity index (χ0v) is 9.72. The fraction of sp³-hybridized carbons (Fsp3) is 0.500. The summed E-state index contributed by atoms with van der Waals surface area (Å²) in [5.41, 5.74) is 0. The van der Waals surface area contributed by atoms with Crippen molar-refractivity contribution in [2.45, 2.75) is 31.6 Å². The van der Waals surface area contributed by atoms with Crippen LogP contribution < -0.4 is 0 Å². The van der Waals surface area contributed by atoms with Crippen LogP contribution >= 0.6 is 0 Å². The summed E-state index contributed by atoms with van der Waals surface area (Å²) in [6.45, 7) is 4.33. The minimum absolute atomic E-state index is 0.594. The van der Waals surface area contributed by atoms with Crippen LogP contribution in [0.1, 0.15) is 26.7 Å². The molecule has 0 saturated heterocycles. The van der Waals surface area contributed by atoms with E-state index < -0.39 is 10.8 Å². The first kappa shape index (κ1) is 11.4. The molecule has 14 heavy (non-hydrogen) atoms. The molecule has 2 heteroatoms. The Bertz CT molecular complexity index is 278. The quantitative estimate of drug-likeness (QED) is 0.729. The van der Waals surface area contributed by atoms with Crippen LogP contribution in [0.2, 0.25) is 0 Å². The van der Waals surface area contributed by atoms with Crippen molar-refractivity contribution < 1.29 is 4.21 Å². The molecule has 1 atom stereocenters. The second-order valence-corrected chi connectivity index (χ2v) is 5.00. The van der Waals surface area contributed by atoms with Gasteiger partial charge >= 0.3 is 0 Å². The molecule has 0 bridgehead atoms. The molecule has 0 aliphatic carbocycles. The predicted molar refractivity (Wildman–Crippen MR) is 61.8 cm³/mol. The van der Waals surface area contributed by atoms with Gasteiger partial charge in [0.2, 0.25) is 0 Å². The summed E-state index contributed by atoms with van der Waals surface area (Å²) in [4.78, 5) is 0.958. The van der Waals surface area contributed by atoms with E-state index in [-0.39, 0.29) is 0 Å². The molecule has 1 nitrogen and oxygen atoms in total. The van der Waals surface area contributed by atoms with E-state index in [0.29, 0.717) is 5.92 Å². The molecule has 0 aliphatic rings. The first-order valence-electron chi connectivity index (χ1n) is 5.21. The van der Waals surface area contributed by atoms with Crippen molar-refractivity contribution in [3.05, 3.63) is 30.3 Å². The van der Waals surface area contributed by atoms with Crippen molar-refractivity contribution in [2.75, 3.05) is 5.75 Å². The first-order valence-corrected chi connectivity index (χ1v) is 6.53. The van der Waals surface area contributed by atoms with Gasteiger partial charge in [-0.2, -0.15) is 0 Å². The van der Waals surface area contributed by atoms with Crippen LogP contribution in [0, 0.1) is 5.92 Å². The Morgan fingerprint density at radius 1 is 1.14 bits per heavy atom. The van der Waals surface area contributed by atoms with Gasteiger partial charge in [-0.1, -0.05) is 44.9 Å². The Morgan fingerprint density at radius 2 is 1.71 bits per heavy atom. The molecule has 0 aliphatic heterocycles. The minimum atomic E-state index is -0.813.